The van der Waals surface area contributed by atoms with E-state index in [1.165, 1.54) is 4.90 Å². The minimum absolute atomic E-state index is 0.0572. The molecule has 1 fully saturated rings. The lowest BCUT2D eigenvalue weighted by Crippen LogP contribution is -2.42. The largest absolute Gasteiger partial charge is 0.447 e. The molecule has 0 aromatic carbocycles. The van der Waals surface area contributed by atoms with Crippen LogP contribution in [0.2, 0.25) is 0 Å². The van der Waals surface area contributed by atoms with Crippen LogP contribution in [-0.4, -0.2) is 40.8 Å². The molecule has 4 atom stereocenters. The van der Waals surface area contributed by atoms with E-state index >= 15 is 0 Å². The zero-order chi connectivity index (χ0) is 17.7. The molecule has 0 bridgehead atoms. The lowest BCUT2D eigenvalue weighted by molar-refractivity contribution is -0.125. The Morgan fingerprint density at radius 3 is 2.57 bits per heavy atom. The predicted molar refractivity (Wildman–Crippen MR) is 89.7 cm³/mol. The minimum atomic E-state index is -0.588. The van der Waals surface area contributed by atoms with Gasteiger partial charge < -0.3 is 9.84 Å². The van der Waals surface area contributed by atoms with Crippen LogP contribution in [0.25, 0.3) is 0 Å². The highest BCUT2D eigenvalue weighted by Crippen LogP contribution is 2.24. The van der Waals surface area contributed by atoms with Gasteiger partial charge in [0.15, 0.2) is 0 Å². The molecule has 23 heavy (non-hydrogen) atoms. The summed E-state index contributed by atoms with van der Waals surface area (Å²) in [5, 5.41) is 10.3. The summed E-state index contributed by atoms with van der Waals surface area (Å²) < 4.78 is 5.01. The summed E-state index contributed by atoms with van der Waals surface area (Å²) in [5.41, 5.74) is 0.451. The molecule has 1 rings (SSSR count). The number of aliphatic hydroxyl groups excluding tert-OH is 1. The number of hydrogen-bond donors (Lipinski definition) is 1. The van der Waals surface area contributed by atoms with Crippen molar-refractivity contribution in [3.8, 4) is 0 Å². The third-order valence-electron chi connectivity index (χ3n) is 4.40. The van der Waals surface area contributed by atoms with E-state index < -0.39 is 12.2 Å². The highest BCUT2D eigenvalue weighted by molar-refractivity contribution is 6.03. The van der Waals surface area contributed by atoms with Crippen molar-refractivity contribution in [3.05, 3.63) is 24.3 Å². The second-order valence-electron chi connectivity index (χ2n) is 6.76. The number of amides is 2. The monoisotopic (exact) mass is 323 g/mol. The summed E-state index contributed by atoms with van der Waals surface area (Å²) in [6.07, 6.45) is 3.06. The van der Waals surface area contributed by atoms with Crippen molar-refractivity contribution in [2.45, 2.75) is 53.2 Å². The number of aliphatic hydroxyl groups is 1. The van der Waals surface area contributed by atoms with Crippen molar-refractivity contribution in [2.75, 3.05) is 6.61 Å². The summed E-state index contributed by atoms with van der Waals surface area (Å²) >= 11 is 0. The molecular formula is C18H29NO4. The minimum Gasteiger partial charge on any atom is -0.447 e. The Hall–Kier alpha value is -1.62. The Bertz CT molecular complexity index is 483. The van der Waals surface area contributed by atoms with Gasteiger partial charge >= 0.3 is 6.09 Å². The molecule has 1 heterocycles. The first-order valence-electron chi connectivity index (χ1n) is 8.18. The van der Waals surface area contributed by atoms with E-state index in [-0.39, 0.29) is 36.3 Å². The Labute approximate surface area is 139 Å². The van der Waals surface area contributed by atoms with E-state index in [0.717, 1.165) is 0 Å². The number of ether oxygens (including phenoxy) is 1. The van der Waals surface area contributed by atoms with E-state index in [0.29, 0.717) is 12.0 Å². The normalized spacial score (nSPS) is 22.7. The van der Waals surface area contributed by atoms with Crippen LogP contribution in [0.5, 0.6) is 0 Å². The van der Waals surface area contributed by atoms with E-state index in [2.05, 4.69) is 6.58 Å². The fourth-order valence-corrected chi connectivity index (χ4v) is 2.83. The molecule has 1 N–H and O–H groups in total. The molecule has 0 unspecified atom stereocenters. The molecule has 0 radical (unpaired) electrons. The van der Waals surface area contributed by atoms with Gasteiger partial charge in [-0.25, -0.2) is 9.69 Å². The Morgan fingerprint density at radius 1 is 1.43 bits per heavy atom. The van der Waals surface area contributed by atoms with Crippen molar-refractivity contribution in [1.82, 2.24) is 4.90 Å². The highest BCUT2D eigenvalue weighted by atomic mass is 16.6. The first-order valence-corrected chi connectivity index (χ1v) is 8.18. The van der Waals surface area contributed by atoms with E-state index in [4.69, 9.17) is 4.74 Å². The van der Waals surface area contributed by atoms with Gasteiger partial charge in [-0.3, -0.25) is 4.79 Å². The van der Waals surface area contributed by atoms with Crippen LogP contribution in [-0.2, 0) is 9.53 Å². The number of rotatable bonds is 7. The molecule has 0 aromatic rings. The molecule has 0 saturated carbocycles. The van der Waals surface area contributed by atoms with Crippen molar-refractivity contribution >= 4 is 12.0 Å². The second kappa shape index (κ2) is 8.29. The number of nitrogens with zero attached hydrogens (tertiary/aromatic N) is 1. The van der Waals surface area contributed by atoms with Crippen molar-refractivity contribution < 1.29 is 19.4 Å². The molecule has 5 nitrogen and oxygen atoms in total. The summed E-state index contributed by atoms with van der Waals surface area (Å²) in [5.74, 6) is -0.345. The SMILES string of the molecule is C=CC[C@H](C)[C@@H](O)[C@@H](C)/C=C(\C)C(=O)N1C(=O)OC[C@@H]1C(C)C. The topological polar surface area (TPSA) is 66.8 Å². The predicted octanol–water partition coefficient (Wildman–Crippen LogP) is 3.15. The highest BCUT2D eigenvalue weighted by Gasteiger charge is 2.40. The molecule has 1 aliphatic heterocycles. The molecule has 1 saturated heterocycles. The van der Waals surface area contributed by atoms with E-state index in [1.54, 1.807) is 19.1 Å². The summed E-state index contributed by atoms with van der Waals surface area (Å²) in [4.78, 5) is 25.6. The van der Waals surface area contributed by atoms with E-state index in [1.807, 2.05) is 27.7 Å². The average molecular weight is 323 g/mol. The van der Waals surface area contributed by atoms with Gasteiger partial charge in [0.05, 0.1) is 12.1 Å². The number of imide groups is 1. The van der Waals surface area contributed by atoms with Crippen LogP contribution in [0.4, 0.5) is 4.79 Å². The smallest absolute Gasteiger partial charge is 0.417 e. The zero-order valence-corrected chi connectivity index (χ0v) is 14.8. The van der Waals surface area contributed by atoms with Crippen molar-refractivity contribution in [3.63, 3.8) is 0 Å². The summed E-state index contributed by atoms with van der Waals surface area (Å²) in [6, 6.07) is -0.238. The third-order valence-corrected chi connectivity index (χ3v) is 4.40. The molecule has 0 aromatic heterocycles. The number of cyclic esters (lactones) is 1. The molecule has 0 aliphatic carbocycles. The van der Waals surface area contributed by atoms with Gasteiger partial charge in [0, 0.05) is 11.5 Å². The van der Waals surface area contributed by atoms with Gasteiger partial charge in [-0.2, -0.15) is 0 Å². The standard InChI is InChI=1S/C18H29NO4/c1-7-8-12(4)16(20)13(5)9-14(6)17(21)19-15(11(2)3)10-23-18(19)22/h7,9,11-13,15-16,20H,1,8,10H2,2-6H3/b14-9+/t12-,13-,15+,16+/m0/s1. The first-order chi connectivity index (χ1) is 10.7. The molecular weight excluding hydrogens is 294 g/mol. The lowest BCUT2D eigenvalue weighted by atomic mass is 9.89. The Morgan fingerprint density at radius 2 is 2.04 bits per heavy atom. The number of carbonyl (C=O) groups is 2. The second-order valence-corrected chi connectivity index (χ2v) is 6.76. The van der Waals surface area contributed by atoms with Gasteiger partial charge in [0.25, 0.3) is 5.91 Å². The van der Waals surface area contributed by atoms with Gasteiger partial charge in [-0.1, -0.05) is 39.8 Å². The van der Waals surface area contributed by atoms with Crippen molar-refractivity contribution in [1.29, 1.82) is 0 Å². The first kappa shape index (κ1) is 19.4. The Balaban J connectivity index is 2.85. The fraction of sp³-hybridized carbons (Fsp3) is 0.667. The summed E-state index contributed by atoms with van der Waals surface area (Å²) in [7, 11) is 0. The molecule has 2 amide bonds. The summed E-state index contributed by atoms with van der Waals surface area (Å²) in [6.45, 7) is 13.3. The third kappa shape index (κ3) is 4.67. The molecule has 1 aliphatic rings. The fourth-order valence-electron chi connectivity index (χ4n) is 2.83. The van der Waals surface area contributed by atoms with Crippen LogP contribution in [0.1, 0.15) is 41.0 Å². The van der Waals surface area contributed by atoms with E-state index in [9.17, 15) is 14.7 Å². The van der Waals surface area contributed by atoms with Gasteiger partial charge in [-0.05, 0) is 25.2 Å². The number of hydrogen-bond acceptors (Lipinski definition) is 4. The van der Waals surface area contributed by atoms with Gasteiger partial charge in [0.2, 0.25) is 0 Å². The van der Waals surface area contributed by atoms with Gasteiger partial charge in [-0.15, -0.1) is 6.58 Å². The van der Waals surface area contributed by atoms with Crippen LogP contribution in [0.3, 0.4) is 0 Å². The molecule has 130 valence electrons. The molecule has 5 heteroatoms. The lowest BCUT2D eigenvalue weighted by Gasteiger charge is -2.25. The number of allylic oxidation sites excluding steroid dienone is 1. The Kier molecular flexibility index (Phi) is 7.01. The molecule has 0 spiro atoms. The van der Waals surface area contributed by atoms with Crippen LogP contribution < -0.4 is 0 Å². The maximum atomic E-state index is 12.6. The van der Waals surface area contributed by atoms with Crippen LogP contribution >= 0.6 is 0 Å². The van der Waals surface area contributed by atoms with Crippen molar-refractivity contribution in [2.24, 2.45) is 17.8 Å². The number of carbonyl (C=O) groups excluding carboxylic acids is 2. The van der Waals surface area contributed by atoms with Crippen LogP contribution in [0, 0.1) is 17.8 Å². The quantitative estimate of drug-likeness (QED) is 0.577. The van der Waals surface area contributed by atoms with Crippen LogP contribution in [0.15, 0.2) is 24.3 Å². The average Bonchev–Trinajstić information content (AvgIpc) is 2.87. The maximum absolute atomic E-state index is 12.6. The zero-order valence-electron chi connectivity index (χ0n) is 14.8. The van der Waals surface area contributed by atoms with Gasteiger partial charge in [0.1, 0.15) is 6.61 Å². The maximum Gasteiger partial charge on any atom is 0.417 e.